The highest BCUT2D eigenvalue weighted by molar-refractivity contribution is 7.15. The van der Waals surface area contributed by atoms with Crippen LogP contribution in [-0.4, -0.2) is 9.97 Å². The largest absolute Gasteiger partial charge is 0.434 e. The summed E-state index contributed by atoms with van der Waals surface area (Å²) >= 11 is 13.5. The third kappa shape index (κ3) is 2.23. The molecule has 3 rings (SSSR count). The summed E-state index contributed by atoms with van der Waals surface area (Å²) in [5.41, 5.74) is 7.60. The molecule has 4 nitrogen and oxygen atoms in total. The molecule has 0 aliphatic heterocycles. The van der Waals surface area contributed by atoms with Crippen LogP contribution in [0, 0.1) is 6.92 Å². The molecule has 0 saturated carbocycles. The highest BCUT2D eigenvalue weighted by Gasteiger charge is 2.17. The Kier molecular flexibility index (Phi) is 3.22. The number of aromatic nitrogens is 2. The number of nitrogens with zero attached hydrogens (tertiary/aromatic N) is 2. The predicted molar refractivity (Wildman–Crippen MR) is 77.8 cm³/mol. The summed E-state index contributed by atoms with van der Waals surface area (Å²) < 4.78 is 5.71. The minimum absolute atomic E-state index is 0.401. The van der Waals surface area contributed by atoms with Gasteiger partial charge in [-0.2, -0.15) is 0 Å². The Labute approximate surface area is 123 Å². The van der Waals surface area contributed by atoms with Gasteiger partial charge in [-0.25, -0.2) is 9.97 Å². The smallest absolute Gasteiger partial charge is 0.239 e. The molecule has 0 amide bonds. The molecule has 0 unspecified atom stereocenters. The fourth-order valence-corrected chi connectivity index (χ4v) is 3.19. The van der Waals surface area contributed by atoms with Crippen molar-refractivity contribution < 1.29 is 4.42 Å². The number of nitrogens with two attached hydrogens (primary N) is 1. The van der Waals surface area contributed by atoms with Gasteiger partial charge >= 0.3 is 0 Å². The lowest BCUT2D eigenvalue weighted by atomic mass is 10.3. The predicted octanol–water partition coefficient (Wildman–Crippen LogP) is 4.03. The van der Waals surface area contributed by atoms with E-state index in [0.29, 0.717) is 33.6 Å². The third-order valence-electron chi connectivity index (χ3n) is 2.62. The Morgan fingerprint density at radius 3 is 2.79 bits per heavy atom. The summed E-state index contributed by atoms with van der Waals surface area (Å²) in [6.07, 6.45) is 0. The molecular formula is C12H9Cl2N3OS. The number of hydrogen-bond donors (Lipinski definition) is 1. The van der Waals surface area contributed by atoms with Crippen molar-refractivity contribution in [2.24, 2.45) is 5.73 Å². The Bertz CT molecular complexity index is 766. The maximum absolute atomic E-state index is 6.08. The van der Waals surface area contributed by atoms with Crippen molar-refractivity contribution in [2.75, 3.05) is 0 Å². The second-order valence-corrected chi connectivity index (χ2v) is 5.91. The minimum atomic E-state index is 0.401. The van der Waals surface area contributed by atoms with Gasteiger partial charge in [0, 0.05) is 11.6 Å². The number of benzene rings is 1. The molecule has 1 aromatic carbocycles. The van der Waals surface area contributed by atoms with E-state index in [9.17, 15) is 0 Å². The Morgan fingerprint density at radius 2 is 2.11 bits per heavy atom. The van der Waals surface area contributed by atoms with Gasteiger partial charge in [0.1, 0.15) is 15.4 Å². The van der Waals surface area contributed by atoms with E-state index in [4.69, 9.17) is 33.4 Å². The van der Waals surface area contributed by atoms with Crippen molar-refractivity contribution in [3.63, 3.8) is 0 Å². The Hall–Kier alpha value is -1.14. The van der Waals surface area contributed by atoms with Gasteiger partial charge in [0.05, 0.1) is 10.7 Å². The van der Waals surface area contributed by atoms with E-state index in [1.54, 1.807) is 12.1 Å². The van der Waals surface area contributed by atoms with Gasteiger partial charge in [0.15, 0.2) is 5.58 Å². The highest BCUT2D eigenvalue weighted by atomic mass is 35.5. The van der Waals surface area contributed by atoms with Crippen molar-refractivity contribution >= 4 is 45.6 Å². The first kappa shape index (κ1) is 12.9. The van der Waals surface area contributed by atoms with E-state index in [-0.39, 0.29) is 0 Å². The molecule has 2 heterocycles. The first-order valence-corrected chi connectivity index (χ1v) is 7.08. The number of aryl methyl sites for hydroxylation is 1. The number of halogens is 2. The van der Waals surface area contributed by atoms with Crippen LogP contribution in [0.1, 0.15) is 10.7 Å². The molecule has 0 radical (unpaired) electrons. The van der Waals surface area contributed by atoms with Gasteiger partial charge in [0.25, 0.3) is 0 Å². The second kappa shape index (κ2) is 4.76. The zero-order valence-electron chi connectivity index (χ0n) is 9.91. The standard InChI is InChI=1S/C12H9Cl2N3OS/c1-5-11(19-9(4-15)16-5)12-17-8-3-6(13)2-7(14)10(8)18-12/h2-3H,4,15H2,1H3. The molecule has 19 heavy (non-hydrogen) atoms. The fraction of sp³-hybridized carbons (Fsp3) is 0.167. The molecule has 98 valence electrons. The quantitative estimate of drug-likeness (QED) is 0.776. The summed E-state index contributed by atoms with van der Waals surface area (Å²) in [6, 6.07) is 3.35. The van der Waals surface area contributed by atoms with E-state index in [0.717, 1.165) is 15.6 Å². The number of oxazole rings is 1. The molecular weight excluding hydrogens is 305 g/mol. The third-order valence-corrected chi connectivity index (χ3v) is 4.29. The lowest BCUT2D eigenvalue weighted by molar-refractivity contribution is 0.621. The molecule has 0 fully saturated rings. The molecule has 0 aliphatic carbocycles. The van der Waals surface area contributed by atoms with Crippen LogP contribution in [0.25, 0.3) is 21.9 Å². The van der Waals surface area contributed by atoms with Crippen LogP contribution < -0.4 is 5.73 Å². The lowest BCUT2D eigenvalue weighted by Gasteiger charge is -1.91. The van der Waals surface area contributed by atoms with Gasteiger partial charge in [0.2, 0.25) is 5.89 Å². The summed E-state index contributed by atoms with van der Waals surface area (Å²) in [7, 11) is 0. The van der Waals surface area contributed by atoms with Crippen molar-refractivity contribution in [2.45, 2.75) is 13.5 Å². The second-order valence-electron chi connectivity index (χ2n) is 3.98. The molecule has 0 aliphatic rings. The molecule has 2 aromatic heterocycles. The van der Waals surface area contributed by atoms with Crippen molar-refractivity contribution in [3.05, 3.63) is 32.9 Å². The van der Waals surface area contributed by atoms with Crippen LogP contribution in [0.5, 0.6) is 0 Å². The number of fused-ring (bicyclic) bond motifs is 1. The molecule has 2 N–H and O–H groups in total. The summed E-state index contributed by atoms with van der Waals surface area (Å²) in [4.78, 5) is 9.62. The summed E-state index contributed by atoms with van der Waals surface area (Å²) in [5, 5.41) is 1.82. The fourth-order valence-electron chi connectivity index (χ4n) is 1.79. The topological polar surface area (TPSA) is 64.9 Å². The van der Waals surface area contributed by atoms with Crippen LogP contribution >= 0.6 is 34.5 Å². The molecule has 0 atom stereocenters. The van der Waals surface area contributed by atoms with E-state index in [1.165, 1.54) is 11.3 Å². The Balaban J connectivity index is 2.20. The molecule has 7 heteroatoms. The van der Waals surface area contributed by atoms with Gasteiger partial charge in [-0.1, -0.05) is 23.2 Å². The molecule has 0 saturated heterocycles. The first-order valence-electron chi connectivity index (χ1n) is 5.51. The molecule has 3 aromatic rings. The van der Waals surface area contributed by atoms with E-state index in [1.807, 2.05) is 6.92 Å². The zero-order valence-corrected chi connectivity index (χ0v) is 12.2. The lowest BCUT2D eigenvalue weighted by Crippen LogP contribution is -1.94. The van der Waals surface area contributed by atoms with Gasteiger partial charge in [-0.15, -0.1) is 11.3 Å². The average Bonchev–Trinajstić information content (AvgIpc) is 2.92. The van der Waals surface area contributed by atoms with E-state index < -0.39 is 0 Å². The monoisotopic (exact) mass is 313 g/mol. The molecule has 0 spiro atoms. The van der Waals surface area contributed by atoms with Gasteiger partial charge in [-0.3, -0.25) is 0 Å². The van der Waals surface area contributed by atoms with Crippen LogP contribution in [0.4, 0.5) is 0 Å². The van der Waals surface area contributed by atoms with E-state index >= 15 is 0 Å². The highest BCUT2D eigenvalue weighted by Crippen LogP contribution is 2.35. The van der Waals surface area contributed by atoms with Crippen LogP contribution in [-0.2, 0) is 6.54 Å². The van der Waals surface area contributed by atoms with Crippen molar-refractivity contribution in [3.8, 4) is 10.8 Å². The molecule has 0 bridgehead atoms. The number of rotatable bonds is 2. The van der Waals surface area contributed by atoms with Crippen LogP contribution in [0.3, 0.4) is 0 Å². The van der Waals surface area contributed by atoms with Gasteiger partial charge in [-0.05, 0) is 19.1 Å². The average molecular weight is 314 g/mol. The SMILES string of the molecule is Cc1nc(CN)sc1-c1nc2cc(Cl)cc(Cl)c2o1. The van der Waals surface area contributed by atoms with Gasteiger partial charge < -0.3 is 10.2 Å². The number of hydrogen-bond acceptors (Lipinski definition) is 5. The number of thiazole rings is 1. The van der Waals surface area contributed by atoms with Crippen molar-refractivity contribution in [1.82, 2.24) is 9.97 Å². The zero-order chi connectivity index (χ0) is 13.6. The normalized spacial score (nSPS) is 11.4. The van der Waals surface area contributed by atoms with Crippen LogP contribution in [0.15, 0.2) is 16.5 Å². The van der Waals surface area contributed by atoms with E-state index in [2.05, 4.69) is 9.97 Å². The maximum atomic E-state index is 6.08. The minimum Gasteiger partial charge on any atom is -0.434 e. The maximum Gasteiger partial charge on any atom is 0.239 e. The first-order chi connectivity index (χ1) is 9.08. The summed E-state index contributed by atoms with van der Waals surface area (Å²) in [5.74, 6) is 0.494. The van der Waals surface area contributed by atoms with Crippen molar-refractivity contribution in [1.29, 1.82) is 0 Å². The Morgan fingerprint density at radius 1 is 1.32 bits per heavy atom. The summed E-state index contributed by atoms with van der Waals surface area (Å²) in [6.45, 7) is 2.30. The van der Waals surface area contributed by atoms with Crippen LogP contribution in [0.2, 0.25) is 10.0 Å².